The number of anilines is 5. The Kier molecular flexibility index (Phi) is 15.4. The Morgan fingerprint density at radius 3 is 2.32 bits per heavy atom. The normalized spacial score (nSPS) is 18.2. The number of morpholine rings is 1. The van der Waals surface area contributed by atoms with Crippen LogP contribution in [-0.4, -0.2) is 98.9 Å². The highest BCUT2D eigenvalue weighted by Crippen LogP contribution is 2.51. The van der Waals surface area contributed by atoms with Gasteiger partial charge in [-0.15, -0.1) is 0 Å². The number of nitrogens with one attached hydrogen (secondary N) is 3. The molecule has 0 amide bonds. The Bertz CT molecular complexity index is 3090. The minimum atomic E-state index is -3.52. The van der Waals surface area contributed by atoms with E-state index >= 15 is 0 Å². The van der Waals surface area contributed by atoms with Crippen molar-refractivity contribution in [3.63, 3.8) is 0 Å². The van der Waals surface area contributed by atoms with Crippen molar-refractivity contribution in [3.8, 4) is 5.75 Å². The van der Waals surface area contributed by atoms with Gasteiger partial charge in [-0.2, -0.15) is 4.98 Å². The minimum absolute atomic E-state index is 0.0121. The van der Waals surface area contributed by atoms with Gasteiger partial charge < -0.3 is 30.3 Å². The highest BCUT2D eigenvalue weighted by molar-refractivity contribution is 7.92. The van der Waals surface area contributed by atoms with E-state index in [1.165, 1.54) is 47.0 Å². The van der Waals surface area contributed by atoms with Crippen molar-refractivity contribution >= 4 is 67.3 Å². The molecule has 0 unspecified atom stereocenters. The third-order valence-electron chi connectivity index (χ3n) is 15.3. The number of hydrogen-bond donors (Lipinski definition) is 3. The molecule has 15 heteroatoms. The predicted octanol–water partition coefficient (Wildman–Crippen LogP) is 11.7. The predicted molar refractivity (Wildman–Crippen MR) is 294 cm³/mol. The first-order chi connectivity index (χ1) is 34.9. The second kappa shape index (κ2) is 21.6. The van der Waals surface area contributed by atoms with Gasteiger partial charge in [0.05, 0.1) is 53.6 Å². The molecule has 384 valence electrons. The zero-order chi connectivity index (χ0) is 51.8. The number of Topliss-reactive ketones (excluding diaryl/α,β-unsaturated/α-hetero) is 1. The maximum Gasteiger partial charge on any atom is 0.229 e. The Hall–Kier alpha value is -5.82. The fraction of sp³-hybridized carbons (Fsp3) is 0.448. The topological polar surface area (TPSA) is 142 Å². The molecule has 3 N–H and O–H groups in total. The average Bonchev–Trinajstić information content (AvgIpc) is 3.78. The summed E-state index contributed by atoms with van der Waals surface area (Å²) in [6.45, 7) is 31.4. The molecule has 0 spiro atoms. The molecule has 3 aliphatic heterocycles. The zero-order valence-corrected chi connectivity index (χ0v) is 45.1. The first-order valence-electron chi connectivity index (χ1n) is 25.9. The Morgan fingerprint density at radius 2 is 1.62 bits per heavy atom. The number of hydrogen-bond acceptors (Lipinski definition) is 12. The smallest absolute Gasteiger partial charge is 0.229 e. The van der Waals surface area contributed by atoms with Crippen LogP contribution in [0.4, 0.5) is 34.5 Å². The van der Waals surface area contributed by atoms with Gasteiger partial charge in [-0.3, -0.25) is 9.69 Å². The third-order valence-corrected chi connectivity index (χ3v) is 17.8. The molecule has 5 aliphatic rings. The summed E-state index contributed by atoms with van der Waals surface area (Å²) in [5.41, 5.74) is 12.7. The van der Waals surface area contributed by atoms with E-state index in [1.807, 2.05) is 32.0 Å². The molecule has 0 radical (unpaired) electrons. The summed E-state index contributed by atoms with van der Waals surface area (Å²) in [5.74, 6) is 1.98. The number of halogens is 1. The lowest BCUT2D eigenvalue weighted by Crippen LogP contribution is -2.49. The van der Waals surface area contributed by atoms with Gasteiger partial charge in [0, 0.05) is 54.5 Å². The summed E-state index contributed by atoms with van der Waals surface area (Å²) in [4.78, 5) is 31.7. The fourth-order valence-electron chi connectivity index (χ4n) is 11.3. The van der Waals surface area contributed by atoms with Crippen LogP contribution >= 0.6 is 11.6 Å². The molecule has 13 nitrogen and oxygen atoms in total. The van der Waals surface area contributed by atoms with E-state index in [9.17, 15) is 13.2 Å². The number of nitrogens with zero attached hydrogens (tertiary/aromatic N) is 5. The SMILES string of the molecule is Cc1cc(Nc2ncc(Cl)c(Nc3ccccc3S(=O)(=O)C(C)C)n2)c(OC(C)C)cc1C1CCNCC1.[C-]#[N+]c1ccc2c(c1)CC1=C2C(=O)c2cc(C)c(N3CCC(N4CCOCC4)CC3)cc2C1(C)C. The first-order valence-corrected chi connectivity index (χ1v) is 27.8. The number of piperidine rings is 2. The summed E-state index contributed by atoms with van der Waals surface area (Å²) >= 11 is 6.42. The number of allylic oxidation sites excluding steroid dienone is 2. The van der Waals surface area contributed by atoms with Crippen LogP contribution < -0.4 is 25.6 Å². The van der Waals surface area contributed by atoms with Gasteiger partial charge in [-0.1, -0.05) is 55.8 Å². The number of rotatable bonds is 11. The zero-order valence-electron chi connectivity index (χ0n) is 43.5. The maximum atomic E-state index is 13.8. The van der Waals surface area contributed by atoms with E-state index in [-0.39, 0.29) is 27.2 Å². The Labute approximate surface area is 436 Å². The van der Waals surface area contributed by atoms with Gasteiger partial charge in [0.2, 0.25) is 5.95 Å². The van der Waals surface area contributed by atoms with Gasteiger partial charge in [-0.05, 0) is 168 Å². The van der Waals surface area contributed by atoms with E-state index in [2.05, 4.69) is 92.5 Å². The van der Waals surface area contributed by atoms with E-state index < -0.39 is 15.1 Å². The van der Waals surface area contributed by atoms with Gasteiger partial charge >= 0.3 is 0 Å². The number of carbonyl (C=O) groups is 1. The molecule has 1 aromatic heterocycles. The van der Waals surface area contributed by atoms with Crippen LogP contribution in [0, 0.1) is 20.4 Å². The van der Waals surface area contributed by atoms with Crippen LogP contribution in [0.3, 0.4) is 0 Å². The fourth-order valence-corrected chi connectivity index (χ4v) is 12.6. The maximum absolute atomic E-state index is 13.8. The van der Waals surface area contributed by atoms with Gasteiger partial charge in [0.25, 0.3) is 0 Å². The van der Waals surface area contributed by atoms with Crippen molar-refractivity contribution in [1.82, 2.24) is 20.2 Å². The van der Waals surface area contributed by atoms with Gasteiger partial charge in [0.1, 0.15) is 10.8 Å². The van der Waals surface area contributed by atoms with Crippen LogP contribution in [0.25, 0.3) is 10.4 Å². The number of ether oxygens (including phenoxy) is 2. The molecule has 0 saturated carbocycles. The number of para-hydroxylation sites is 1. The van der Waals surface area contributed by atoms with E-state index in [1.54, 1.807) is 38.1 Å². The number of aryl methyl sites for hydroxylation is 2. The van der Waals surface area contributed by atoms with Crippen molar-refractivity contribution in [1.29, 1.82) is 0 Å². The van der Waals surface area contributed by atoms with Gasteiger partial charge in [0.15, 0.2) is 27.1 Å². The average molecular weight is 1030 g/mol. The van der Waals surface area contributed by atoms with E-state index in [4.69, 9.17) is 27.6 Å². The lowest BCUT2D eigenvalue weighted by atomic mass is 9.68. The monoisotopic (exact) mass is 1020 g/mol. The lowest BCUT2D eigenvalue weighted by Gasteiger charge is -2.42. The van der Waals surface area contributed by atoms with Crippen LogP contribution in [0.15, 0.2) is 83.4 Å². The van der Waals surface area contributed by atoms with Crippen LogP contribution in [0.2, 0.25) is 5.02 Å². The van der Waals surface area contributed by atoms with Crippen LogP contribution in [-0.2, 0) is 26.4 Å². The molecular weight excluding hydrogens is 956 g/mol. The Balaban J connectivity index is 0.000000180. The van der Waals surface area contributed by atoms with Crippen molar-refractivity contribution < 1.29 is 22.7 Å². The molecule has 3 fully saturated rings. The van der Waals surface area contributed by atoms with Crippen LogP contribution in [0.5, 0.6) is 5.75 Å². The number of aromatic nitrogens is 2. The minimum Gasteiger partial charge on any atom is -0.489 e. The van der Waals surface area contributed by atoms with E-state index in [0.717, 1.165) is 111 Å². The molecule has 10 rings (SSSR count). The standard InChI is InChI=1S/C30H33N3O2.C28H36ClN5O3S/c1-19-15-24-25(18-27(19)33-9-7-22(8-10-33)32-11-13-35-14-12-32)30(2,3)26-17-20-16-21(31-4)5-6-23(20)28(26)29(24)34;1-17(2)37-25-15-21(20-10-12-30-13-11-20)19(5)14-24(25)33-28-31-16-22(29)27(34-28)32-23-8-6-7-9-26(23)38(35,36)18(3)4/h5-6,15-16,18,22H,7-14,17H2,1-3H3;6-9,14-18,20,30H,10-13H2,1-5H3,(H2,31,32,33,34). The quantitative estimate of drug-likeness (QED) is 0.108. The molecular formula is C58H69ClN8O5S. The summed E-state index contributed by atoms with van der Waals surface area (Å²) in [7, 11) is -3.52. The van der Waals surface area contributed by atoms with Crippen molar-refractivity contribution in [2.45, 2.75) is 121 Å². The number of sulfone groups is 1. The second-order valence-corrected chi connectivity index (χ2v) is 24.0. The molecule has 0 bridgehead atoms. The summed E-state index contributed by atoms with van der Waals surface area (Å²) in [6, 6.07) is 21.8. The van der Waals surface area contributed by atoms with Crippen LogP contribution in [0.1, 0.15) is 117 Å². The lowest BCUT2D eigenvalue weighted by molar-refractivity contribution is 0.0115. The van der Waals surface area contributed by atoms with Crippen molar-refractivity contribution in [3.05, 3.63) is 134 Å². The largest absolute Gasteiger partial charge is 0.489 e. The third kappa shape index (κ3) is 10.8. The number of fused-ring (bicyclic) bond motifs is 3. The number of benzene rings is 4. The highest BCUT2D eigenvalue weighted by Gasteiger charge is 2.43. The highest BCUT2D eigenvalue weighted by atomic mass is 35.5. The summed E-state index contributed by atoms with van der Waals surface area (Å²) in [6.07, 6.45) is 6.76. The molecule has 0 atom stereocenters. The Morgan fingerprint density at radius 1 is 0.890 bits per heavy atom. The molecule has 2 aliphatic carbocycles. The second-order valence-electron chi connectivity index (χ2n) is 21.1. The molecule has 3 saturated heterocycles. The molecule has 4 heterocycles. The van der Waals surface area contributed by atoms with Crippen molar-refractivity contribution in [2.24, 2.45) is 0 Å². The number of carbonyl (C=O) groups excluding carboxylic acids is 1. The number of ketones is 1. The van der Waals surface area contributed by atoms with Gasteiger partial charge in [-0.25, -0.2) is 18.2 Å². The molecule has 5 aromatic rings. The first kappa shape index (κ1) is 52.1. The summed E-state index contributed by atoms with van der Waals surface area (Å²) in [5, 5.41) is 9.51. The summed E-state index contributed by atoms with van der Waals surface area (Å²) < 4.78 is 37.5. The molecule has 73 heavy (non-hydrogen) atoms. The van der Waals surface area contributed by atoms with E-state index in [0.29, 0.717) is 35.1 Å². The molecule has 4 aromatic carbocycles. The van der Waals surface area contributed by atoms with Crippen molar-refractivity contribution in [2.75, 3.05) is 68.0 Å².